The van der Waals surface area contributed by atoms with Gasteiger partial charge >= 0.3 is 5.97 Å². The van der Waals surface area contributed by atoms with Gasteiger partial charge in [0.05, 0.1) is 22.7 Å². The van der Waals surface area contributed by atoms with Crippen molar-refractivity contribution >= 4 is 48.6 Å². The molecule has 3 N–H and O–H groups in total. The van der Waals surface area contributed by atoms with Gasteiger partial charge in [-0.15, -0.1) is 0 Å². The maximum absolute atomic E-state index is 12.7. The molecule has 3 aliphatic heterocycles. The van der Waals surface area contributed by atoms with E-state index in [4.69, 9.17) is 4.74 Å². The lowest BCUT2D eigenvalue weighted by Gasteiger charge is -2.41. The van der Waals surface area contributed by atoms with Gasteiger partial charge in [0, 0.05) is 54.6 Å². The third-order valence-electron chi connectivity index (χ3n) is 9.50. The van der Waals surface area contributed by atoms with Crippen LogP contribution in [0, 0.1) is 6.92 Å². The van der Waals surface area contributed by atoms with Crippen LogP contribution in [0.25, 0.3) is 16.7 Å². The van der Waals surface area contributed by atoms with Crippen LogP contribution in [0.1, 0.15) is 65.9 Å². The number of aromatic carboxylic acids is 1. The second-order valence-electron chi connectivity index (χ2n) is 13.8. The summed E-state index contributed by atoms with van der Waals surface area (Å²) in [7, 11) is -5.11. The molecule has 0 aliphatic carbocycles. The normalized spacial score (nSPS) is 17.7. The van der Waals surface area contributed by atoms with Crippen molar-refractivity contribution in [1.82, 2.24) is 4.58 Å². The van der Waals surface area contributed by atoms with Crippen molar-refractivity contribution in [2.75, 3.05) is 30.5 Å². The van der Waals surface area contributed by atoms with Crippen LogP contribution >= 0.6 is 0 Å². The summed E-state index contributed by atoms with van der Waals surface area (Å²) < 4.78 is 77.0. The molecule has 11 nitrogen and oxygen atoms in total. The second-order valence-corrected chi connectivity index (χ2v) is 16.7. The predicted octanol–water partition coefficient (Wildman–Crippen LogP) is 3.73. The lowest BCUT2D eigenvalue weighted by molar-refractivity contribution is 0.0696. The van der Waals surface area contributed by atoms with E-state index in [0.29, 0.717) is 66.7 Å². The lowest BCUT2D eigenvalue weighted by atomic mass is 9.83. The first-order valence-corrected chi connectivity index (χ1v) is 18.4. The van der Waals surface area contributed by atoms with Gasteiger partial charge in [0.1, 0.15) is 30.1 Å². The van der Waals surface area contributed by atoms with Crippen LogP contribution in [0.15, 0.2) is 54.6 Å². The number of hydrogen-bond acceptors (Lipinski definition) is 7. The van der Waals surface area contributed by atoms with Gasteiger partial charge in [-0.05, 0) is 61.8 Å². The molecular weight excluding hydrogens is 657 g/mol. The zero-order chi connectivity index (χ0) is 35.3. The van der Waals surface area contributed by atoms with Gasteiger partial charge in [-0.2, -0.15) is 16.8 Å². The van der Waals surface area contributed by atoms with E-state index in [1.807, 2.05) is 51.3 Å². The third-order valence-corrected chi connectivity index (χ3v) is 10.9. The van der Waals surface area contributed by atoms with E-state index in [9.17, 15) is 35.8 Å². The molecule has 0 saturated carbocycles. The fraction of sp³-hybridized carbons (Fsp3) is 0.314. The molecule has 0 spiro atoms. The number of anilines is 1. The summed E-state index contributed by atoms with van der Waals surface area (Å²) in [5, 5.41) is 11.5. The maximum atomic E-state index is 12.7. The van der Waals surface area contributed by atoms with Gasteiger partial charge in [-0.25, -0.2) is 9.37 Å². The molecule has 252 valence electrons. The summed E-state index contributed by atoms with van der Waals surface area (Å²) in [6, 6.07) is 12.1. The average molecular weight is 694 g/mol. The summed E-state index contributed by atoms with van der Waals surface area (Å²) >= 11 is 0. The molecule has 3 aromatic rings. The fourth-order valence-electron chi connectivity index (χ4n) is 6.83. The molecule has 3 aliphatic rings. The Morgan fingerprint density at radius 1 is 0.833 bits per heavy atom. The molecule has 13 heteroatoms. The van der Waals surface area contributed by atoms with E-state index < -0.39 is 48.8 Å². The third kappa shape index (κ3) is 5.85. The van der Waals surface area contributed by atoms with E-state index in [0.717, 1.165) is 5.56 Å². The molecule has 0 bridgehead atoms. The molecule has 0 radical (unpaired) electrons. The van der Waals surface area contributed by atoms with Gasteiger partial charge in [0.25, 0.3) is 20.2 Å². The number of fused-ring (bicyclic) bond motifs is 4. The van der Waals surface area contributed by atoms with Crippen molar-refractivity contribution in [1.29, 1.82) is 0 Å². The number of carboxylic acid groups (broad SMARTS) is 1. The van der Waals surface area contributed by atoms with Crippen molar-refractivity contribution in [2.45, 2.75) is 45.7 Å². The summed E-state index contributed by atoms with van der Waals surface area (Å²) in [6.07, 6.45) is 3.56. The van der Waals surface area contributed by atoms with Crippen molar-refractivity contribution in [3.05, 3.63) is 98.6 Å². The number of hydrogen-bond donors (Lipinski definition) is 3. The van der Waals surface area contributed by atoms with E-state index in [-0.39, 0.29) is 5.56 Å². The largest absolute Gasteiger partial charge is 0.478 e. The Balaban J connectivity index is 1.78. The maximum Gasteiger partial charge on any atom is 0.336 e. The molecule has 0 atom stereocenters. The Hall–Kier alpha value is -4.30. The molecular formula is C35H37N2O9S2+. The first kappa shape index (κ1) is 33.6. The summed E-state index contributed by atoms with van der Waals surface area (Å²) in [4.78, 5) is 14.7. The molecule has 0 aromatic heterocycles. The SMILES string of the molecule is Cc1ccc(C2=c3cc4c(cc3Oc3cc5c(cc32)C(CS(=O)(=O)O)=CC(C)(C)N5C)=[N+](C)C(C)(C)C=C4CS(=O)(=O)O)c(C(=O)O)c1. The average Bonchev–Trinajstić information content (AvgIpc) is 2.94. The van der Waals surface area contributed by atoms with Crippen molar-refractivity contribution in [3.8, 4) is 11.5 Å². The number of carboxylic acids is 1. The van der Waals surface area contributed by atoms with Crippen LogP contribution in [-0.4, -0.2) is 73.7 Å². The highest BCUT2D eigenvalue weighted by Crippen LogP contribution is 2.46. The summed E-state index contributed by atoms with van der Waals surface area (Å²) in [6.45, 7) is 9.45. The Bertz CT molecular complexity index is 2390. The molecule has 0 amide bonds. The Morgan fingerprint density at radius 3 is 2.06 bits per heavy atom. The molecule has 6 rings (SSSR count). The van der Waals surface area contributed by atoms with Gasteiger partial charge in [0.2, 0.25) is 5.36 Å². The van der Waals surface area contributed by atoms with Gasteiger partial charge in [-0.1, -0.05) is 23.8 Å². The number of likely N-dealkylation sites (N-methyl/N-ethyl adjacent to an activating group) is 2. The molecule has 3 aromatic carbocycles. The van der Waals surface area contributed by atoms with Gasteiger partial charge in [-0.3, -0.25) is 9.11 Å². The lowest BCUT2D eigenvalue weighted by Crippen LogP contribution is -2.47. The molecule has 0 unspecified atom stereocenters. The monoisotopic (exact) mass is 693 g/mol. The van der Waals surface area contributed by atoms with E-state index >= 15 is 0 Å². The zero-order valence-electron chi connectivity index (χ0n) is 27.6. The minimum absolute atomic E-state index is 0.0261. The Labute approximate surface area is 279 Å². The predicted molar refractivity (Wildman–Crippen MR) is 184 cm³/mol. The Kier molecular flexibility index (Phi) is 7.60. The highest BCUT2D eigenvalue weighted by molar-refractivity contribution is 7.86. The van der Waals surface area contributed by atoms with Crippen LogP contribution in [0.3, 0.4) is 0 Å². The topological polar surface area (TPSA) is 162 Å². The highest BCUT2D eigenvalue weighted by Gasteiger charge is 2.37. The minimum atomic E-state index is -4.42. The molecule has 3 heterocycles. The fourth-order valence-corrected chi connectivity index (χ4v) is 8.09. The van der Waals surface area contributed by atoms with Crippen LogP contribution in [0.5, 0.6) is 11.5 Å². The zero-order valence-corrected chi connectivity index (χ0v) is 29.2. The first-order chi connectivity index (χ1) is 22.1. The van der Waals surface area contributed by atoms with Crippen LogP contribution in [0.2, 0.25) is 0 Å². The number of ether oxygens (including phenoxy) is 1. The first-order valence-electron chi connectivity index (χ1n) is 15.1. The number of carbonyl (C=O) groups is 1. The van der Waals surface area contributed by atoms with E-state index in [1.165, 1.54) is 0 Å². The number of benzene rings is 3. The van der Waals surface area contributed by atoms with Gasteiger partial charge < -0.3 is 14.7 Å². The second kappa shape index (κ2) is 10.9. The smallest absolute Gasteiger partial charge is 0.336 e. The van der Waals surface area contributed by atoms with E-state index in [1.54, 1.807) is 61.5 Å². The molecule has 0 saturated heterocycles. The van der Waals surface area contributed by atoms with Crippen LogP contribution < -0.4 is 24.8 Å². The quantitative estimate of drug-likeness (QED) is 0.201. The summed E-state index contributed by atoms with van der Waals surface area (Å²) in [5.74, 6) is -1.63. The van der Waals surface area contributed by atoms with Crippen molar-refractivity contribution in [3.63, 3.8) is 0 Å². The van der Waals surface area contributed by atoms with Crippen LogP contribution in [0.4, 0.5) is 5.69 Å². The van der Waals surface area contributed by atoms with Crippen molar-refractivity contribution in [2.24, 2.45) is 0 Å². The van der Waals surface area contributed by atoms with Crippen LogP contribution in [-0.2, 0) is 20.2 Å². The molecule has 48 heavy (non-hydrogen) atoms. The standard InChI is InChI=1S/C35H36N2O9S2/c1-19-8-9-22(25(10-19)33(38)39)32-26-11-23-20(17-47(40,41)42)15-34(2,3)36(6)28(23)13-30(26)46-31-14-29-24(12-27(31)32)21(18-48(43,44)45)16-35(4,5)37(29)7/h8-16H,17-18H2,1-7H3,(H2-,38,39,40,41,42,43,44,45)/p+1. The Morgan fingerprint density at radius 2 is 1.46 bits per heavy atom. The minimum Gasteiger partial charge on any atom is -0.478 e. The number of nitrogens with zero attached hydrogens (tertiary/aromatic N) is 2. The van der Waals surface area contributed by atoms with Gasteiger partial charge in [0.15, 0.2) is 5.54 Å². The highest BCUT2D eigenvalue weighted by atomic mass is 32.2. The van der Waals surface area contributed by atoms with Crippen molar-refractivity contribution < 1.29 is 40.6 Å². The molecule has 0 fully saturated rings. The van der Waals surface area contributed by atoms with E-state index in [2.05, 4.69) is 0 Å². The number of rotatable bonds is 6. The number of aryl methyl sites for hydroxylation is 1. The summed E-state index contributed by atoms with van der Waals surface area (Å²) in [5.41, 5.74) is 3.26.